The van der Waals surface area contributed by atoms with E-state index in [0.29, 0.717) is 24.6 Å². The molecule has 7 heteroatoms. The third-order valence-electron chi connectivity index (χ3n) is 5.50. The van der Waals surface area contributed by atoms with Crippen LogP contribution < -0.4 is 16.0 Å². The Bertz CT molecular complexity index is 949. The van der Waals surface area contributed by atoms with Gasteiger partial charge in [0, 0.05) is 44.4 Å². The Hall–Kier alpha value is -3.35. The molecule has 0 saturated heterocycles. The highest BCUT2D eigenvalue weighted by Gasteiger charge is 2.25. The first-order valence-corrected chi connectivity index (χ1v) is 11.2. The third-order valence-corrected chi connectivity index (χ3v) is 5.50. The SMILES string of the molecule is CCNC(=NCc1cccc(NC(=O)C2CCC2)c1)NCc1ccc(C(=O)N(C)C)cc1. The summed E-state index contributed by atoms with van der Waals surface area (Å²) in [5, 5.41) is 9.60. The van der Waals surface area contributed by atoms with Gasteiger partial charge in [-0.05, 0) is 55.2 Å². The molecule has 32 heavy (non-hydrogen) atoms. The van der Waals surface area contributed by atoms with E-state index in [-0.39, 0.29) is 17.7 Å². The molecule has 0 bridgehead atoms. The Labute approximate surface area is 190 Å². The maximum atomic E-state index is 12.2. The summed E-state index contributed by atoms with van der Waals surface area (Å²) in [6, 6.07) is 15.4. The van der Waals surface area contributed by atoms with E-state index in [0.717, 1.165) is 42.6 Å². The van der Waals surface area contributed by atoms with Crippen molar-refractivity contribution in [3.8, 4) is 0 Å². The van der Waals surface area contributed by atoms with Gasteiger partial charge in [0.1, 0.15) is 0 Å². The number of aliphatic imine (C=N–C) groups is 1. The predicted molar refractivity (Wildman–Crippen MR) is 129 cm³/mol. The molecule has 0 aromatic heterocycles. The number of nitrogens with one attached hydrogen (secondary N) is 3. The minimum Gasteiger partial charge on any atom is -0.357 e. The van der Waals surface area contributed by atoms with Crippen LogP contribution in [0.25, 0.3) is 0 Å². The normalized spacial score (nSPS) is 13.8. The Morgan fingerprint density at radius 1 is 1.03 bits per heavy atom. The van der Waals surface area contributed by atoms with Crippen molar-refractivity contribution in [1.82, 2.24) is 15.5 Å². The molecule has 2 aromatic rings. The van der Waals surface area contributed by atoms with Crippen molar-refractivity contribution in [2.45, 2.75) is 39.3 Å². The van der Waals surface area contributed by atoms with Crippen LogP contribution in [-0.4, -0.2) is 43.3 Å². The van der Waals surface area contributed by atoms with E-state index < -0.39 is 0 Å². The number of guanidine groups is 1. The molecule has 3 rings (SSSR count). The van der Waals surface area contributed by atoms with Gasteiger partial charge < -0.3 is 20.9 Å². The second-order valence-corrected chi connectivity index (χ2v) is 8.26. The number of benzene rings is 2. The first-order valence-electron chi connectivity index (χ1n) is 11.2. The van der Waals surface area contributed by atoms with Crippen LogP contribution in [0.3, 0.4) is 0 Å². The molecule has 0 radical (unpaired) electrons. The number of rotatable bonds is 8. The molecule has 170 valence electrons. The van der Waals surface area contributed by atoms with E-state index in [1.165, 1.54) is 0 Å². The standard InChI is InChI=1S/C25H33N5O2/c1-4-26-25(27-16-18-11-13-21(14-12-18)24(32)30(2)3)28-17-19-7-5-10-22(15-19)29-23(31)20-8-6-9-20/h5,7,10-15,20H,4,6,8-9,16-17H2,1-3H3,(H,29,31)(H2,26,27,28). The highest BCUT2D eigenvalue weighted by molar-refractivity contribution is 5.94. The molecule has 1 fully saturated rings. The fraction of sp³-hybridized carbons (Fsp3) is 0.400. The van der Waals surface area contributed by atoms with Crippen molar-refractivity contribution < 1.29 is 9.59 Å². The maximum Gasteiger partial charge on any atom is 0.253 e. The summed E-state index contributed by atoms with van der Waals surface area (Å²) < 4.78 is 0. The van der Waals surface area contributed by atoms with Crippen LogP contribution in [0.15, 0.2) is 53.5 Å². The number of nitrogens with zero attached hydrogens (tertiary/aromatic N) is 2. The van der Waals surface area contributed by atoms with Gasteiger partial charge in [0.2, 0.25) is 5.91 Å². The van der Waals surface area contributed by atoms with Gasteiger partial charge in [-0.1, -0.05) is 30.7 Å². The number of hydrogen-bond donors (Lipinski definition) is 3. The van der Waals surface area contributed by atoms with E-state index in [1.54, 1.807) is 19.0 Å². The topological polar surface area (TPSA) is 85.8 Å². The summed E-state index contributed by atoms with van der Waals surface area (Å²) in [6.45, 7) is 3.87. The molecule has 1 aliphatic carbocycles. The number of amides is 2. The smallest absolute Gasteiger partial charge is 0.253 e. The van der Waals surface area contributed by atoms with Crippen LogP contribution in [0.5, 0.6) is 0 Å². The molecule has 1 saturated carbocycles. The molecule has 2 amide bonds. The van der Waals surface area contributed by atoms with E-state index in [1.807, 2.05) is 55.5 Å². The monoisotopic (exact) mass is 435 g/mol. The summed E-state index contributed by atoms with van der Waals surface area (Å²) in [5.41, 5.74) is 3.58. The van der Waals surface area contributed by atoms with Gasteiger partial charge in [-0.15, -0.1) is 0 Å². The fourth-order valence-electron chi connectivity index (χ4n) is 3.38. The Morgan fingerprint density at radius 3 is 2.41 bits per heavy atom. The molecule has 2 aromatic carbocycles. The number of anilines is 1. The molecule has 7 nitrogen and oxygen atoms in total. The number of hydrogen-bond acceptors (Lipinski definition) is 3. The van der Waals surface area contributed by atoms with Crippen LogP contribution in [0, 0.1) is 5.92 Å². The van der Waals surface area contributed by atoms with Gasteiger partial charge in [0.15, 0.2) is 5.96 Å². The van der Waals surface area contributed by atoms with Crippen molar-refractivity contribution in [2.24, 2.45) is 10.9 Å². The summed E-state index contributed by atoms with van der Waals surface area (Å²) >= 11 is 0. The molecule has 0 atom stereocenters. The minimum absolute atomic E-state index is 0.00878. The maximum absolute atomic E-state index is 12.2. The summed E-state index contributed by atoms with van der Waals surface area (Å²) in [7, 11) is 3.49. The molecule has 0 unspecified atom stereocenters. The van der Waals surface area contributed by atoms with Gasteiger partial charge in [0.05, 0.1) is 6.54 Å². The predicted octanol–water partition coefficient (Wildman–Crippen LogP) is 3.38. The lowest BCUT2D eigenvalue weighted by Crippen LogP contribution is -2.36. The van der Waals surface area contributed by atoms with Crippen molar-refractivity contribution in [1.29, 1.82) is 0 Å². The second kappa shape index (κ2) is 11.3. The van der Waals surface area contributed by atoms with Crippen molar-refractivity contribution in [2.75, 3.05) is 26.0 Å². The molecule has 1 aliphatic rings. The lowest BCUT2D eigenvalue weighted by molar-refractivity contribution is -0.122. The van der Waals surface area contributed by atoms with Crippen LogP contribution in [0.4, 0.5) is 5.69 Å². The van der Waals surface area contributed by atoms with Crippen molar-refractivity contribution >= 4 is 23.5 Å². The Balaban J connectivity index is 1.57. The quantitative estimate of drug-likeness (QED) is 0.438. The van der Waals surface area contributed by atoms with Gasteiger partial charge in [0.25, 0.3) is 5.91 Å². The molecule has 0 spiro atoms. The first-order chi connectivity index (χ1) is 15.5. The third kappa shape index (κ3) is 6.57. The first kappa shape index (κ1) is 23.3. The Kier molecular flexibility index (Phi) is 8.25. The van der Waals surface area contributed by atoms with Gasteiger partial charge in [-0.2, -0.15) is 0 Å². The van der Waals surface area contributed by atoms with E-state index in [2.05, 4.69) is 20.9 Å². The second-order valence-electron chi connectivity index (χ2n) is 8.26. The van der Waals surface area contributed by atoms with E-state index >= 15 is 0 Å². The van der Waals surface area contributed by atoms with Crippen molar-refractivity contribution in [3.63, 3.8) is 0 Å². The molecular weight excluding hydrogens is 402 g/mol. The van der Waals surface area contributed by atoms with Gasteiger partial charge in [-0.3, -0.25) is 9.59 Å². The van der Waals surface area contributed by atoms with Crippen LogP contribution >= 0.6 is 0 Å². The molecule has 0 aliphatic heterocycles. The van der Waals surface area contributed by atoms with Crippen molar-refractivity contribution in [3.05, 3.63) is 65.2 Å². The lowest BCUT2D eigenvalue weighted by Gasteiger charge is -2.24. The fourth-order valence-corrected chi connectivity index (χ4v) is 3.38. The molecular formula is C25H33N5O2. The average molecular weight is 436 g/mol. The number of carbonyl (C=O) groups excluding carboxylic acids is 2. The largest absolute Gasteiger partial charge is 0.357 e. The zero-order valence-corrected chi connectivity index (χ0v) is 19.1. The minimum atomic E-state index is -0.00878. The molecule has 3 N–H and O–H groups in total. The van der Waals surface area contributed by atoms with Crippen LogP contribution in [0.2, 0.25) is 0 Å². The van der Waals surface area contributed by atoms with E-state index in [4.69, 9.17) is 0 Å². The Morgan fingerprint density at radius 2 is 1.78 bits per heavy atom. The van der Waals surface area contributed by atoms with Gasteiger partial charge in [-0.25, -0.2) is 4.99 Å². The summed E-state index contributed by atoms with van der Waals surface area (Å²) in [4.78, 5) is 30.4. The summed E-state index contributed by atoms with van der Waals surface area (Å²) in [6.07, 6.45) is 3.12. The highest BCUT2D eigenvalue weighted by Crippen LogP contribution is 2.27. The zero-order chi connectivity index (χ0) is 22.9. The van der Waals surface area contributed by atoms with Crippen LogP contribution in [0.1, 0.15) is 47.7 Å². The van der Waals surface area contributed by atoms with E-state index in [9.17, 15) is 9.59 Å². The number of carbonyl (C=O) groups is 2. The van der Waals surface area contributed by atoms with Crippen LogP contribution in [-0.2, 0) is 17.9 Å². The summed E-state index contributed by atoms with van der Waals surface area (Å²) in [5.74, 6) is 0.983. The average Bonchev–Trinajstić information content (AvgIpc) is 2.74. The lowest BCUT2D eigenvalue weighted by atomic mass is 9.85. The highest BCUT2D eigenvalue weighted by atomic mass is 16.2. The van der Waals surface area contributed by atoms with Gasteiger partial charge >= 0.3 is 0 Å². The zero-order valence-electron chi connectivity index (χ0n) is 19.1. The molecule has 0 heterocycles.